The highest BCUT2D eigenvalue weighted by Gasteiger charge is 2.16. The maximum absolute atomic E-state index is 12.6. The molecule has 1 unspecified atom stereocenters. The normalized spacial score (nSPS) is 11.7. The second-order valence-corrected chi connectivity index (χ2v) is 7.69. The van der Waals surface area contributed by atoms with Gasteiger partial charge in [0.05, 0.1) is 22.5 Å². The number of rotatable bonds is 6. The molecule has 4 aromatic rings. The van der Waals surface area contributed by atoms with Crippen LogP contribution in [0.15, 0.2) is 67.5 Å². The lowest BCUT2D eigenvalue weighted by Crippen LogP contribution is -2.24. The van der Waals surface area contributed by atoms with E-state index in [1.807, 2.05) is 0 Å². The molecule has 2 N–H and O–H groups in total. The first-order chi connectivity index (χ1) is 15.4. The van der Waals surface area contributed by atoms with Gasteiger partial charge in [0, 0.05) is 22.6 Å². The van der Waals surface area contributed by atoms with Gasteiger partial charge in [-0.05, 0) is 49.4 Å². The largest absolute Gasteiger partial charge is 0.324 e. The summed E-state index contributed by atoms with van der Waals surface area (Å²) < 4.78 is 2.96. The van der Waals surface area contributed by atoms with Crippen molar-refractivity contribution < 1.29 is 9.59 Å². The van der Waals surface area contributed by atoms with Crippen molar-refractivity contribution in [3.8, 4) is 5.69 Å². The number of carbonyl (C=O) groups is 2. The highest BCUT2D eigenvalue weighted by atomic mass is 35.5. The average molecular weight is 470 g/mol. The Morgan fingerprint density at radius 1 is 1.00 bits per heavy atom. The molecule has 2 amide bonds. The number of hydrogen-bond donors (Lipinski definition) is 2. The maximum Gasteiger partial charge on any atom is 0.258 e. The smallest absolute Gasteiger partial charge is 0.258 e. The number of amides is 2. The lowest BCUT2D eigenvalue weighted by molar-refractivity contribution is -0.119. The number of nitrogens with one attached hydrogen (secondary N) is 2. The summed E-state index contributed by atoms with van der Waals surface area (Å²) in [4.78, 5) is 28.7. The van der Waals surface area contributed by atoms with Gasteiger partial charge in [-0.1, -0.05) is 23.2 Å². The molecule has 2 aromatic heterocycles. The summed E-state index contributed by atoms with van der Waals surface area (Å²) in [5.74, 6) is -0.571. The molecule has 1 atom stereocenters. The fourth-order valence-electron chi connectivity index (χ4n) is 2.86. The van der Waals surface area contributed by atoms with Gasteiger partial charge in [0.2, 0.25) is 5.91 Å². The molecular formula is C21H17Cl2N7O2. The Balaban J connectivity index is 1.39. The number of nitrogens with zero attached hydrogens (tertiary/aromatic N) is 5. The molecule has 0 radical (unpaired) electrons. The molecule has 0 saturated carbocycles. The van der Waals surface area contributed by atoms with E-state index in [9.17, 15) is 9.59 Å². The number of benzene rings is 2. The van der Waals surface area contributed by atoms with Crippen LogP contribution in [0.3, 0.4) is 0 Å². The summed E-state index contributed by atoms with van der Waals surface area (Å²) in [6, 6.07) is 11.3. The molecule has 0 bridgehead atoms. The monoisotopic (exact) mass is 469 g/mol. The predicted molar refractivity (Wildman–Crippen MR) is 121 cm³/mol. The molecule has 0 fully saturated rings. The van der Waals surface area contributed by atoms with Gasteiger partial charge in [0.15, 0.2) is 0 Å². The Morgan fingerprint density at radius 3 is 2.38 bits per heavy atom. The fourth-order valence-corrected chi connectivity index (χ4v) is 3.36. The van der Waals surface area contributed by atoms with Gasteiger partial charge < -0.3 is 10.6 Å². The Bertz CT molecular complexity index is 1250. The molecule has 11 heteroatoms. The number of halogens is 2. The van der Waals surface area contributed by atoms with Crippen LogP contribution in [0.25, 0.3) is 5.69 Å². The van der Waals surface area contributed by atoms with E-state index in [1.54, 1.807) is 55.6 Å². The van der Waals surface area contributed by atoms with E-state index in [-0.39, 0.29) is 11.8 Å². The van der Waals surface area contributed by atoms with Crippen molar-refractivity contribution in [3.05, 3.63) is 83.1 Å². The molecule has 0 saturated heterocycles. The van der Waals surface area contributed by atoms with Crippen molar-refractivity contribution >= 4 is 46.4 Å². The van der Waals surface area contributed by atoms with E-state index in [0.717, 1.165) is 0 Å². The first-order valence-electron chi connectivity index (χ1n) is 9.47. The highest BCUT2D eigenvalue weighted by Crippen LogP contribution is 2.24. The molecule has 2 aromatic carbocycles. The van der Waals surface area contributed by atoms with Gasteiger partial charge in [-0.15, -0.1) is 0 Å². The first-order valence-corrected chi connectivity index (χ1v) is 10.2. The van der Waals surface area contributed by atoms with E-state index in [0.29, 0.717) is 32.7 Å². The van der Waals surface area contributed by atoms with Crippen LogP contribution >= 0.6 is 23.2 Å². The molecule has 162 valence electrons. The molecule has 2 heterocycles. The standard InChI is InChI=1S/C21H17Cl2N7O2/c1-13(30-12-24-11-26-30)20(31)27-16-3-5-17(6-4-16)28-21(32)14-9-25-29(10-14)19-7-2-15(22)8-18(19)23/h2-13H,1H3,(H,27,31)(H,28,32). The van der Waals surface area contributed by atoms with E-state index in [4.69, 9.17) is 23.2 Å². The minimum Gasteiger partial charge on any atom is -0.324 e. The second-order valence-electron chi connectivity index (χ2n) is 6.84. The summed E-state index contributed by atoms with van der Waals surface area (Å²) in [5.41, 5.74) is 2.12. The van der Waals surface area contributed by atoms with Crippen molar-refractivity contribution in [1.29, 1.82) is 0 Å². The third-order valence-corrected chi connectivity index (χ3v) is 5.16. The van der Waals surface area contributed by atoms with Gasteiger partial charge in [-0.25, -0.2) is 14.3 Å². The van der Waals surface area contributed by atoms with Crippen LogP contribution < -0.4 is 10.6 Å². The van der Waals surface area contributed by atoms with Crippen LogP contribution in [0.2, 0.25) is 10.0 Å². The summed E-state index contributed by atoms with van der Waals surface area (Å²) in [5, 5.41) is 14.7. The Morgan fingerprint density at radius 2 is 1.72 bits per heavy atom. The predicted octanol–water partition coefficient (Wildman–Crippen LogP) is 4.22. The van der Waals surface area contributed by atoms with Crippen molar-refractivity contribution in [2.24, 2.45) is 0 Å². The molecule has 0 aliphatic rings. The Kier molecular flexibility index (Phi) is 6.20. The zero-order chi connectivity index (χ0) is 22.7. The third kappa shape index (κ3) is 4.79. The fraction of sp³-hybridized carbons (Fsp3) is 0.0952. The van der Waals surface area contributed by atoms with Gasteiger partial charge in [-0.2, -0.15) is 10.2 Å². The number of carbonyl (C=O) groups excluding carboxylic acids is 2. The molecule has 0 spiro atoms. The number of aromatic nitrogens is 5. The average Bonchev–Trinajstić information content (AvgIpc) is 3.47. The lowest BCUT2D eigenvalue weighted by Gasteiger charge is -2.12. The zero-order valence-electron chi connectivity index (χ0n) is 16.7. The zero-order valence-corrected chi connectivity index (χ0v) is 18.2. The van der Waals surface area contributed by atoms with Crippen molar-refractivity contribution in [3.63, 3.8) is 0 Å². The summed E-state index contributed by atoms with van der Waals surface area (Å²) in [6.07, 6.45) is 5.87. The summed E-state index contributed by atoms with van der Waals surface area (Å²) >= 11 is 12.1. The quantitative estimate of drug-likeness (QED) is 0.439. The van der Waals surface area contributed by atoms with Gasteiger partial charge in [0.25, 0.3) is 5.91 Å². The van der Waals surface area contributed by atoms with E-state index >= 15 is 0 Å². The van der Waals surface area contributed by atoms with Gasteiger partial charge in [0.1, 0.15) is 18.7 Å². The van der Waals surface area contributed by atoms with Crippen molar-refractivity contribution in [2.45, 2.75) is 13.0 Å². The SMILES string of the molecule is CC(C(=O)Nc1ccc(NC(=O)c2cnn(-c3ccc(Cl)cc3Cl)c2)cc1)n1cncn1. The number of hydrogen-bond acceptors (Lipinski definition) is 5. The maximum atomic E-state index is 12.6. The van der Waals surface area contributed by atoms with Crippen LogP contribution in [-0.2, 0) is 4.79 Å². The molecule has 32 heavy (non-hydrogen) atoms. The van der Waals surface area contributed by atoms with Crippen LogP contribution in [0.5, 0.6) is 0 Å². The van der Waals surface area contributed by atoms with Crippen LogP contribution in [0, 0.1) is 0 Å². The van der Waals surface area contributed by atoms with E-state index in [1.165, 1.54) is 28.2 Å². The van der Waals surface area contributed by atoms with E-state index in [2.05, 4.69) is 25.8 Å². The highest BCUT2D eigenvalue weighted by molar-refractivity contribution is 6.35. The first kappa shape index (κ1) is 21.5. The second kappa shape index (κ2) is 9.21. The van der Waals surface area contributed by atoms with E-state index < -0.39 is 6.04 Å². The molecular weight excluding hydrogens is 453 g/mol. The lowest BCUT2D eigenvalue weighted by atomic mass is 10.2. The van der Waals surface area contributed by atoms with Crippen molar-refractivity contribution in [1.82, 2.24) is 24.5 Å². The Hall–Kier alpha value is -3.69. The van der Waals surface area contributed by atoms with Crippen LogP contribution in [0.1, 0.15) is 23.3 Å². The summed E-state index contributed by atoms with van der Waals surface area (Å²) in [6.45, 7) is 1.72. The topological polar surface area (TPSA) is 107 Å². The molecule has 0 aliphatic heterocycles. The minimum atomic E-state index is -0.512. The summed E-state index contributed by atoms with van der Waals surface area (Å²) in [7, 11) is 0. The molecule has 4 rings (SSSR count). The minimum absolute atomic E-state index is 0.236. The molecule has 0 aliphatic carbocycles. The number of anilines is 2. The molecule has 9 nitrogen and oxygen atoms in total. The van der Waals surface area contributed by atoms with Crippen LogP contribution in [0.4, 0.5) is 11.4 Å². The Labute approximate surface area is 193 Å². The third-order valence-electron chi connectivity index (χ3n) is 4.62. The van der Waals surface area contributed by atoms with Crippen LogP contribution in [-0.4, -0.2) is 36.4 Å². The van der Waals surface area contributed by atoms with Gasteiger partial charge in [-0.3, -0.25) is 9.59 Å². The van der Waals surface area contributed by atoms with Crippen molar-refractivity contribution in [2.75, 3.05) is 10.6 Å². The van der Waals surface area contributed by atoms with Gasteiger partial charge >= 0.3 is 0 Å².